The zero-order valence-corrected chi connectivity index (χ0v) is 24.3. The minimum atomic E-state index is -1.01. The van der Waals surface area contributed by atoms with Crippen LogP contribution >= 0.6 is 25.3 Å². The van der Waals surface area contributed by atoms with Gasteiger partial charge in [-0.05, 0) is 37.5 Å². The van der Waals surface area contributed by atoms with Crippen molar-refractivity contribution < 1.29 is 19.8 Å². The zero-order chi connectivity index (χ0) is 23.5. The normalized spacial score (nSPS) is 19.0. The number of hydrogen-bond donors (Lipinski definition) is 2. The molecule has 0 aromatic rings. The molecule has 2 rings (SSSR count). The Labute approximate surface area is 212 Å². The van der Waals surface area contributed by atoms with Gasteiger partial charge in [0.25, 0.3) is 0 Å². The van der Waals surface area contributed by atoms with Gasteiger partial charge in [-0.3, -0.25) is 0 Å². The molecule has 0 heterocycles. The van der Waals surface area contributed by atoms with E-state index in [1.165, 1.54) is 38.5 Å². The van der Waals surface area contributed by atoms with Crippen molar-refractivity contribution in [2.45, 2.75) is 123 Å². The number of carbonyl (C=O) groups is 2. The van der Waals surface area contributed by atoms with Gasteiger partial charge >= 0.3 is 69.5 Å². The van der Waals surface area contributed by atoms with Crippen LogP contribution in [0, 0.1) is 11.8 Å². The summed E-state index contributed by atoms with van der Waals surface area (Å²) in [6, 6.07) is 0. The van der Waals surface area contributed by atoms with Gasteiger partial charge < -0.3 is 19.8 Å². The van der Waals surface area contributed by atoms with Crippen molar-refractivity contribution in [3.8, 4) is 0 Å². The van der Waals surface area contributed by atoms with Crippen molar-refractivity contribution in [1.29, 1.82) is 0 Å². The SMILES string of the molecule is CCC[CH2][Sn+2][CH2]CCC.O=C([O-])C(S)C1CCCCC1.O=C([O-])C(S)C1CCCCC1. The van der Waals surface area contributed by atoms with Gasteiger partial charge in [-0.15, -0.1) is 0 Å². The van der Waals surface area contributed by atoms with Gasteiger partial charge in [0.2, 0.25) is 0 Å². The van der Waals surface area contributed by atoms with Crippen LogP contribution in [-0.2, 0) is 9.59 Å². The number of carboxylic acid groups (broad SMARTS) is 2. The molecule has 0 saturated heterocycles. The van der Waals surface area contributed by atoms with Gasteiger partial charge in [0, 0.05) is 10.5 Å². The second kappa shape index (κ2) is 21.0. The quantitative estimate of drug-likeness (QED) is 0.229. The summed E-state index contributed by atoms with van der Waals surface area (Å²) in [5, 5.41) is 19.7. The molecule has 2 atom stereocenters. The summed E-state index contributed by atoms with van der Waals surface area (Å²) in [7, 11) is 0. The third-order valence-electron chi connectivity index (χ3n) is 6.09. The minimum absolute atomic E-state index is 0.149. The average molecular weight is 579 g/mol. The molecule has 2 aliphatic rings. The molecule has 2 unspecified atom stereocenters. The van der Waals surface area contributed by atoms with E-state index in [1.54, 1.807) is 8.87 Å². The summed E-state index contributed by atoms with van der Waals surface area (Å²) < 4.78 is 3.25. The second-order valence-electron chi connectivity index (χ2n) is 8.78. The predicted octanol–water partition coefficient (Wildman–Crippen LogP) is 4.36. The van der Waals surface area contributed by atoms with Crippen LogP contribution in [0.2, 0.25) is 8.87 Å². The standard InChI is InChI=1S/2C8H14O2S.2C4H9.Sn/c2*9-8(10)7(11)6-4-2-1-3-5-6;2*1-3-4-2;/h2*6-7,11H,1-5H2,(H,9,10);2*1,3-4H2,2H3;/q;;;;+2/p-2. The molecule has 31 heavy (non-hydrogen) atoms. The van der Waals surface area contributed by atoms with Crippen LogP contribution in [-0.4, -0.2) is 43.6 Å². The first kappa shape index (κ1) is 31.4. The van der Waals surface area contributed by atoms with Crippen LogP contribution in [0.1, 0.15) is 104 Å². The molecule has 0 N–H and O–H groups in total. The topological polar surface area (TPSA) is 80.3 Å². The van der Waals surface area contributed by atoms with E-state index in [4.69, 9.17) is 0 Å². The molecule has 0 spiro atoms. The van der Waals surface area contributed by atoms with Crippen LogP contribution in [0.15, 0.2) is 0 Å². The number of aliphatic carboxylic acids is 2. The maximum atomic E-state index is 10.4. The summed E-state index contributed by atoms with van der Waals surface area (Å²) in [6.07, 6.45) is 16.9. The molecule has 2 aliphatic carbocycles. The van der Waals surface area contributed by atoms with Crippen molar-refractivity contribution in [3.05, 3.63) is 0 Å². The Bertz CT molecular complexity index is 413. The number of unbranched alkanes of at least 4 members (excludes halogenated alkanes) is 2. The Balaban J connectivity index is 0.000000439. The molecule has 180 valence electrons. The Morgan fingerprint density at radius 1 is 0.742 bits per heavy atom. The Hall–Kier alpha value is 0.439. The van der Waals surface area contributed by atoms with Gasteiger partial charge in [-0.2, -0.15) is 25.3 Å². The van der Waals surface area contributed by atoms with Gasteiger partial charge in [-0.25, -0.2) is 0 Å². The molecule has 2 fully saturated rings. The van der Waals surface area contributed by atoms with Crippen molar-refractivity contribution >= 4 is 58.3 Å². The molecular formula is C24H44O4S2Sn. The van der Waals surface area contributed by atoms with E-state index in [9.17, 15) is 19.8 Å². The first-order valence-electron chi connectivity index (χ1n) is 12.3. The maximum absolute atomic E-state index is 10.4. The number of rotatable bonds is 10. The van der Waals surface area contributed by atoms with E-state index < -0.39 is 22.4 Å². The van der Waals surface area contributed by atoms with Crippen LogP contribution in [0.25, 0.3) is 0 Å². The summed E-state index contributed by atoms with van der Waals surface area (Å²) in [5.74, 6) is -1.53. The maximum Gasteiger partial charge on any atom is 0.0544 e. The van der Waals surface area contributed by atoms with E-state index in [-0.39, 0.29) is 33.0 Å². The van der Waals surface area contributed by atoms with Gasteiger partial charge in [-0.1, -0.05) is 38.5 Å². The summed E-state index contributed by atoms with van der Waals surface area (Å²) in [6.45, 7) is 4.58. The molecule has 0 aromatic heterocycles. The first-order valence-corrected chi connectivity index (χ1v) is 17.4. The Kier molecular flexibility index (Phi) is 21.3. The molecule has 0 aliphatic heterocycles. The molecular weight excluding hydrogens is 535 g/mol. The summed E-state index contributed by atoms with van der Waals surface area (Å²) >= 11 is 8.16. The van der Waals surface area contributed by atoms with E-state index in [1.807, 2.05) is 0 Å². The second-order valence-corrected chi connectivity index (χ2v) is 14.2. The molecule has 0 bridgehead atoms. The van der Waals surface area contributed by atoms with E-state index in [0.29, 0.717) is 0 Å². The van der Waals surface area contributed by atoms with Crippen LogP contribution in [0.4, 0.5) is 0 Å². The fourth-order valence-corrected chi connectivity index (χ4v) is 8.77. The molecule has 2 saturated carbocycles. The van der Waals surface area contributed by atoms with Crippen LogP contribution in [0.3, 0.4) is 0 Å². The van der Waals surface area contributed by atoms with Gasteiger partial charge in [0.15, 0.2) is 0 Å². The first-order chi connectivity index (χ1) is 14.8. The third-order valence-corrected chi connectivity index (χ3v) is 11.4. The van der Waals surface area contributed by atoms with Gasteiger partial charge in [0.1, 0.15) is 0 Å². The predicted molar refractivity (Wildman–Crippen MR) is 134 cm³/mol. The number of carboxylic acids is 2. The molecule has 0 amide bonds. The molecule has 0 radical (unpaired) electrons. The molecule has 4 nitrogen and oxygen atoms in total. The molecule has 0 aromatic carbocycles. The fourth-order valence-electron chi connectivity index (χ4n) is 4.01. The van der Waals surface area contributed by atoms with E-state index in [0.717, 1.165) is 51.4 Å². The zero-order valence-electron chi connectivity index (χ0n) is 19.7. The van der Waals surface area contributed by atoms with Crippen molar-refractivity contribution in [3.63, 3.8) is 0 Å². The number of carbonyl (C=O) groups excluding carboxylic acids is 2. The monoisotopic (exact) mass is 580 g/mol. The summed E-state index contributed by atoms with van der Waals surface area (Å²) in [5.41, 5.74) is 0. The van der Waals surface area contributed by atoms with Crippen LogP contribution < -0.4 is 10.2 Å². The van der Waals surface area contributed by atoms with E-state index >= 15 is 0 Å². The minimum Gasteiger partial charge on any atom is -0.549 e. The van der Waals surface area contributed by atoms with Crippen LogP contribution in [0.5, 0.6) is 0 Å². The number of hydrogen-bond acceptors (Lipinski definition) is 6. The van der Waals surface area contributed by atoms with Gasteiger partial charge in [0.05, 0.1) is 11.9 Å². The van der Waals surface area contributed by atoms with Crippen molar-refractivity contribution in [2.24, 2.45) is 11.8 Å². The van der Waals surface area contributed by atoms with Crippen molar-refractivity contribution in [2.75, 3.05) is 0 Å². The average Bonchev–Trinajstić information content (AvgIpc) is 2.80. The van der Waals surface area contributed by atoms with Crippen molar-refractivity contribution in [1.82, 2.24) is 0 Å². The molecule has 7 heteroatoms. The smallest absolute Gasteiger partial charge is 0.0544 e. The summed E-state index contributed by atoms with van der Waals surface area (Å²) in [4.78, 5) is 20.8. The third kappa shape index (κ3) is 16.7. The Morgan fingerprint density at radius 2 is 1.06 bits per heavy atom. The van der Waals surface area contributed by atoms with E-state index in [2.05, 4.69) is 39.1 Å². The largest absolute Gasteiger partial charge is 0.549 e. The number of thiol groups is 2. The Morgan fingerprint density at radius 3 is 1.32 bits per heavy atom. The fraction of sp³-hybridized carbons (Fsp3) is 0.917.